The first-order valence-electron chi connectivity index (χ1n) is 7.20. The van der Waals surface area contributed by atoms with Crippen molar-refractivity contribution < 1.29 is 9.47 Å². The van der Waals surface area contributed by atoms with Crippen LogP contribution in [0.2, 0.25) is 5.02 Å². The van der Waals surface area contributed by atoms with Gasteiger partial charge in [0, 0.05) is 32.1 Å². The fourth-order valence-electron chi connectivity index (χ4n) is 3.28. The molecule has 3 nitrogen and oxygen atoms in total. The van der Waals surface area contributed by atoms with E-state index in [1.165, 1.54) is 5.56 Å². The molecule has 0 bridgehead atoms. The summed E-state index contributed by atoms with van der Waals surface area (Å²) in [7, 11) is 3.45. The molecule has 1 aromatic rings. The van der Waals surface area contributed by atoms with E-state index in [2.05, 4.69) is 12.1 Å². The molecule has 112 valence electrons. The van der Waals surface area contributed by atoms with Crippen LogP contribution in [0.3, 0.4) is 0 Å². The van der Waals surface area contributed by atoms with Gasteiger partial charge in [0.2, 0.25) is 0 Å². The molecule has 1 unspecified atom stereocenters. The van der Waals surface area contributed by atoms with Crippen molar-refractivity contribution in [2.24, 2.45) is 11.7 Å². The number of hydrogen-bond donors (Lipinski definition) is 1. The van der Waals surface area contributed by atoms with Crippen molar-refractivity contribution in [2.75, 3.05) is 20.8 Å². The van der Waals surface area contributed by atoms with E-state index in [-0.39, 0.29) is 0 Å². The van der Waals surface area contributed by atoms with Crippen molar-refractivity contribution >= 4 is 11.6 Å². The van der Waals surface area contributed by atoms with E-state index in [4.69, 9.17) is 26.8 Å². The Morgan fingerprint density at radius 2 is 1.75 bits per heavy atom. The Morgan fingerprint density at radius 1 is 1.20 bits per heavy atom. The second kappa shape index (κ2) is 6.90. The van der Waals surface area contributed by atoms with Crippen LogP contribution in [-0.4, -0.2) is 26.6 Å². The lowest BCUT2D eigenvalue weighted by atomic mass is 9.75. The van der Waals surface area contributed by atoms with E-state index in [1.807, 2.05) is 12.1 Å². The van der Waals surface area contributed by atoms with E-state index < -0.39 is 5.79 Å². The molecule has 0 heterocycles. The normalized spacial score (nSPS) is 20.8. The fraction of sp³-hybridized carbons (Fsp3) is 0.625. The number of rotatable bonds is 5. The number of ether oxygens (including phenoxy) is 2. The van der Waals surface area contributed by atoms with Crippen LogP contribution < -0.4 is 5.73 Å². The largest absolute Gasteiger partial charge is 0.353 e. The minimum atomic E-state index is -0.393. The third kappa shape index (κ3) is 3.34. The highest BCUT2D eigenvalue weighted by Gasteiger charge is 2.37. The summed E-state index contributed by atoms with van der Waals surface area (Å²) >= 11 is 5.96. The molecule has 0 aliphatic heterocycles. The molecule has 1 aromatic carbocycles. The molecular formula is C16H24ClNO2. The Labute approximate surface area is 126 Å². The first kappa shape index (κ1) is 15.8. The van der Waals surface area contributed by atoms with Gasteiger partial charge in [-0.05, 0) is 48.9 Å². The van der Waals surface area contributed by atoms with Crippen LogP contribution in [-0.2, 0) is 9.47 Å². The third-order valence-electron chi connectivity index (χ3n) is 4.66. The van der Waals surface area contributed by atoms with Crippen LogP contribution in [0.5, 0.6) is 0 Å². The summed E-state index contributed by atoms with van der Waals surface area (Å²) in [5.41, 5.74) is 7.29. The first-order chi connectivity index (χ1) is 9.64. The molecule has 0 saturated heterocycles. The lowest BCUT2D eigenvalue weighted by molar-refractivity contribution is -0.228. The number of methoxy groups -OCH3 is 2. The van der Waals surface area contributed by atoms with Crippen molar-refractivity contribution in [1.29, 1.82) is 0 Å². The number of hydrogen-bond acceptors (Lipinski definition) is 3. The van der Waals surface area contributed by atoms with Crippen molar-refractivity contribution in [3.05, 3.63) is 34.9 Å². The van der Waals surface area contributed by atoms with Crippen LogP contribution in [0, 0.1) is 5.92 Å². The standard InChI is InChI=1S/C16H24ClNO2/c1-19-16(20-2)9-7-13(8-10-16)15(11-18)12-3-5-14(17)6-4-12/h3-6,13,15H,7-11,18H2,1-2H3. The zero-order valence-corrected chi connectivity index (χ0v) is 13.0. The highest BCUT2D eigenvalue weighted by atomic mass is 35.5. The molecule has 1 saturated carbocycles. The monoisotopic (exact) mass is 297 g/mol. The average Bonchev–Trinajstić information content (AvgIpc) is 2.51. The van der Waals surface area contributed by atoms with Crippen molar-refractivity contribution in [3.63, 3.8) is 0 Å². The summed E-state index contributed by atoms with van der Waals surface area (Å²) in [6, 6.07) is 8.07. The van der Waals surface area contributed by atoms with E-state index in [1.54, 1.807) is 14.2 Å². The topological polar surface area (TPSA) is 44.5 Å². The summed E-state index contributed by atoms with van der Waals surface area (Å²) in [6.07, 6.45) is 4.00. The Morgan fingerprint density at radius 3 is 2.20 bits per heavy atom. The molecule has 20 heavy (non-hydrogen) atoms. The summed E-state index contributed by atoms with van der Waals surface area (Å²) in [5, 5.41) is 0.769. The molecule has 0 radical (unpaired) electrons. The van der Waals surface area contributed by atoms with Gasteiger partial charge in [0.1, 0.15) is 0 Å². The van der Waals surface area contributed by atoms with Gasteiger partial charge in [0.05, 0.1) is 0 Å². The van der Waals surface area contributed by atoms with Gasteiger partial charge in [0.15, 0.2) is 5.79 Å². The number of halogens is 1. The lowest BCUT2D eigenvalue weighted by Crippen LogP contribution is -2.39. The van der Waals surface area contributed by atoms with Crippen LogP contribution in [0.15, 0.2) is 24.3 Å². The highest BCUT2D eigenvalue weighted by Crippen LogP contribution is 2.41. The molecule has 1 aliphatic rings. The predicted octanol–water partition coefficient (Wildman–Crippen LogP) is 3.56. The van der Waals surface area contributed by atoms with Gasteiger partial charge in [0.25, 0.3) is 0 Å². The maximum atomic E-state index is 6.01. The van der Waals surface area contributed by atoms with Gasteiger partial charge in [-0.3, -0.25) is 0 Å². The van der Waals surface area contributed by atoms with Crippen molar-refractivity contribution in [1.82, 2.24) is 0 Å². The van der Waals surface area contributed by atoms with Gasteiger partial charge >= 0.3 is 0 Å². The number of nitrogens with two attached hydrogens (primary N) is 1. The summed E-state index contributed by atoms with van der Waals surface area (Å²) < 4.78 is 11.1. The third-order valence-corrected chi connectivity index (χ3v) is 4.91. The second-order valence-electron chi connectivity index (χ2n) is 5.55. The average molecular weight is 298 g/mol. The second-order valence-corrected chi connectivity index (χ2v) is 5.99. The molecule has 1 atom stereocenters. The molecule has 2 rings (SSSR count). The van der Waals surface area contributed by atoms with Gasteiger partial charge in [-0.1, -0.05) is 23.7 Å². The van der Waals surface area contributed by atoms with Gasteiger partial charge in [-0.2, -0.15) is 0 Å². The minimum Gasteiger partial charge on any atom is -0.353 e. The zero-order valence-electron chi connectivity index (χ0n) is 12.3. The first-order valence-corrected chi connectivity index (χ1v) is 7.58. The SMILES string of the molecule is COC1(OC)CCC(C(CN)c2ccc(Cl)cc2)CC1. The van der Waals surface area contributed by atoms with Crippen LogP contribution in [0.4, 0.5) is 0 Å². The quantitative estimate of drug-likeness (QED) is 0.845. The molecule has 4 heteroatoms. The van der Waals surface area contributed by atoms with E-state index in [0.29, 0.717) is 18.4 Å². The molecule has 0 spiro atoms. The number of benzene rings is 1. The maximum absolute atomic E-state index is 6.01. The molecule has 1 fully saturated rings. The lowest BCUT2D eigenvalue weighted by Gasteiger charge is -2.40. The van der Waals surface area contributed by atoms with E-state index in [9.17, 15) is 0 Å². The smallest absolute Gasteiger partial charge is 0.167 e. The molecule has 2 N–H and O–H groups in total. The van der Waals surface area contributed by atoms with Crippen LogP contribution >= 0.6 is 11.6 Å². The maximum Gasteiger partial charge on any atom is 0.167 e. The summed E-state index contributed by atoms with van der Waals surface area (Å²) in [4.78, 5) is 0. The molecule has 0 aromatic heterocycles. The Hall–Kier alpha value is -0.610. The van der Waals surface area contributed by atoms with Crippen molar-refractivity contribution in [3.8, 4) is 0 Å². The highest BCUT2D eigenvalue weighted by molar-refractivity contribution is 6.30. The summed E-state index contributed by atoms with van der Waals surface area (Å²) in [6.45, 7) is 0.666. The Balaban J connectivity index is 2.05. The Bertz CT molecular complexity index is 407. The predicted molar refractivity (Wildman–Crippen MR) is 82.0 cm³/mol. The zero-order chi connectivity index (χ0) is 14.6. The van der Waals surface area contributed by atoms with Crippen LogP contribution in [0.1, 0.15) is 37.2 Å². The van der Waals surface area contributed by atoms with Gasteiger partial charge in [-0.15, -0.1) is 0 Å². The molecule has 1 aliphatic carbocycles. The van der Waals surface area contributed by atoms with Gasteiger partial charge in [-0.25, -0.2) is 0 Å². The molecular weight excluding hydrogens is 274 g/mol. The van der Waals surface area contributed by atoms with E-state index >= 15 is 0 Å². The van der Waals surface area contributed by atoms with Crippen LogP contribution in [0.25, 0.3) is 0 Å². The van der Waals surface area contributed by atoms with Gasteiger partial charge < -0.3 is 15.2 Å². The summed E-state index contributed by atoms with van der Waals surface area (Å²) in [5.74, 6) is 0.578. The molecule has 0 amide bonds. The fourth-order valence-corrected chi connectivity index (χ4v) is 3.41. The Kier molecular flexibility index (Phi) is 5.44. The van der Waals surface area contributed by atoms with Crippen molar-refractivity contribution in [2.45, 2.75) is 37.4 Å². The van der Waals surface area contributed by atoms with E-state index in [0.717, 1.165) is 30.7 Å². The minimum absolute atomic E-state index is 0.388.